The van der Waals surface area contributed by atoms with Gasteiger partial charge in [0.05, 0.1) is 0 Å². The highest BCUT2D eigenvalue weighted by Gasteiger charge is 2.19. The number of ether oxygens (including phenoxy) is 2. The van der Waals surface area contributed by atoms with Crippen LogP contribution in [-0.4, -0.2) is 35.7 Å². The number of rotatable bonds is 3. The molecule has 1 aromatic rings. The van der Waals surface area contributed by atoms with Gasteiger partial charge in [0.15, 0.2) is 0 Å². The van der Waals surface area contributed by atoms with E-state index in [0.717, 1.165) is 31.5 Å². The highest BCUT2D eigenvalue weighted by atomic mass is 16.7. The average molecular weight is 345 g/mol. The first-order valence-corrected chi connectivity index (χ1v) is 8.73. The predicted octanol–water partition coefficient (Wildman–Crippen LogP) is 4.33. The fraction of sp³-hybridized carbons (Fsp3) is 0.500. The highest BCUT2D eigenvalue weighted by Crippen LogP contribution is 2.23. The maximum Gasteiger partial charge on any atom is 0.514 e. The van der Waals surface area contributed by atoms with Crippen molar-refractivity contribution >= 4 is 18.1 Å². The van der Waals surface area contributed by atoms with Crippen molar-refractivity contribution in [3.05, 3.63) is 35.4 Å². The van der Waals surface area contributed by atoms with Crippen molar-refractivity contribution in [2.24, 2.45) is 0 Å². The summed E-state index contributed by atoms with van der Waals surface area (Å²) in [6.45, 7) is 8.86. The third-order valence-corrected chi connectivity index (χ3v) is 3.83. The predicted molar refractivity (Wildman–Crippen MR) is 97.5 cm³/mol. The van der Waals surface area contributed by atoms with Crippen molar-refractivity contribution in [2.75, 3.05) is 13.1 Å². The largest absolute Gasteiger partial charge is 0.514 e. The topological polar surface area (TPSA) is 55.8 Å². The van der Waals surface area contributed by atoms with Gasteiger partial charge in [-0.25, -0.2) is 4.79 Å². The summed E-state index contributed by atoms with van der Waals surface area (Å²) in [4.78, 5) is 26.0. The van der Waals surface area contributed by atoms with Crippen LogP contribution in [0.3, 0.4) is 0 Å². The van der Waals surface area contributed by atoms with Crippen molar-refractivity contribution < 1.29 is 19.1 Å². The van der Waals surface area contributed by atoms with Gasteiger partial charge >= 0.3 is 6.16 Å². The van der Waals surface area contributed by atoms with Crippen LogP contribution in [0.15, 0.2) is 24.3 Å². The molecular weight excluding hydrogens is 318 g/mol. The van der Waals surface area contributed by atoms with E-state index in [0.29, 0.717) is 11.3 Å². The number of benzene rings is 1. The molecule has 0 aromatic heterocycles. The lowest BCUT2D eigenvalue weighted by Crippen LogP contribution is -2.34. The molecule has 5 nitrogen and oxygen atoms in total. The Balaban J connectivity index is 2.10. The van der Waals surface area contributed by atoms with Crippen LogP contribution in [0.2, 0.25) is 0 Å². The number of hydrogen-bond acceptors (Lipinski definition) is 4. The monoisotopic (exact) mass is 345 g/mol. The van der Waals surface area contributed by atoms with Crippen LogP contribution < -0.4 is 4.74 Å². The number of carbonyl (C=O) groups excluding carboxylic acids is 2. The van der Waals surface area contributed by atoms with E-state index in [-0.39, 0.29) is 5.91 Å². The summed E-state index contributed by atoms with van der Waals surface area (Å²) in [6.07, 6.45) is 5.76. The standard InChI is InChI=1S/C20H27NO4/c1-15-8-9-16(10-11-18(22)21-12-6-5-7-13-21)17(14-15)24-19(23)25-20(2,3)4/h8-11,14H,5-7,12-13H2,1-4H3/b11-10+. The first-order chi connectivity index (χ1) is 11.7. The van der Waals surface area contributed by atoms with Gasteiger partial charge in [-0.1, -0.05) is 12.1 Å². The zero-order chi connectivity index (χ0) is 18.4. The van der Waals surface area contributed by atoms with E-state index in [1.54, 1.807) is 32.9 Å². The van der Waals surface area contributed by atoms with Crippen molar-refractivity contribution in [3.63, 3.8) is 0 Å². The second-order valence-electron chi connectivity index (χ2n) is 7.33. The molecule has 136 valence electrons. The molecule has 0 spiro atoms. The maximum absolute atomic E-state index is 12.3. The highest BCUT2D eigenvalue weighted by molar-refractivity contribution is 5.92. The molecule has 1 aliphatic rings. The van der Waals surface area contributed by atoms with Crippen LogP contribution in [0.5, 0.6) is 5.75 Å². The summed E-state index contributed by atoms with van der Waals surface area (Å²) in [5, 5.41) is 0. The Morgan fingerprint density at radius 3 is 2.44 bits per heavy atom. The summed E-state index contributed by atoms with van der Waals surface area (Å²) >= 11 is 0. The van der Waals surface area contributed by atoms with Crippen LogP contribution in [-0.2, 0) is 9.53 Å². The number of carbonyl (C=O) groups is 2. The van der Waals surface area contributed by atoms with Crippen LogP contribution in [0, 0.1) is 6.92 Å². The van der Waals surface area contributed by atoms with E-state index in [1.165, 1.54) is 12.5 Å². The maximum atomic E-state index is 12.3. The van der Waals surface area contributed by atoms with E-state index in [2.05, 4.69) is 0 Å². The summed E-state index contributed by atoms with van der Waals surface area (Å²) in [5.41, 5.74) is 1.00. The minimum atomic E-state index is -0.755. The van der Waals surface area contributed by atoms with Crippen molar-refractivity contribution in [3.8, 4) is 5.75 Å². The van der Waals surface area contributed by atoms with Gasteiger partial charge in [-0.3, -0.25) is 4.79 Å². The number of amides is 1. The molecule has 0 aliphatic carbocycles. The van der Waals surface area contributed by atoms with Crippen molar-refractivity contribution in [2.45, 2.75) is 52.6 Å². The Morgan fingerprint density at radius 2 is 1.80 bits per heavy atom. The number of likely N-dealkylation sites (tertiary alicyclic amines) is 1. The molecule has 1 aromatic carbocycles. The lowest BCUT2D eigenvalue weighted by Gasteiger charge is -2.25. The van der Waals surface area contributed by atoms with E-state index < -0.39 is 11.8 Å². The van der Waals surface area contributed by atoms with Gasteiger partial charge in [-0.05, 0) is 64.7 Å². The van der Waals surface area contributed by atoms with E-state index >= 15 is 0 Å². The molecule has 1 fully saturated rings. The van der Waals surface area contributed by atoms with Crippen LogP contribution in [0.1, 0.15) is 51.2 Å². The van der Waals surface area contributed by atoms with Crippen LogP contribution in [0.25, 0.3) is 6.08 Å². The molecular formula is C20H27NO4. The Kier molecular flexibility index (Phi) is 6.23. The van der Waals surface area contributed by atoms with Gasteiger partial charge in [0.25, 0.3) is 0 Å². The molecule has 1 amide bonds. The zero-order valence-corrected chi connectivity index (χ0v) is 15.5. The lowest BCUT2D eigenvalue weighted by molar-refractivity contribution is -0.126. The molecule has 0 radical (unpaired) electrons. The molecule has 5 heteroatoms. The molecule has 0 atom stereocenters. The smallest absolute Gasteiger partial charge is 0.428 e. The quantitative estimate of drug-likeness (QED) is 0.465. The second kappa shape index (κ2) is 8.19. The molecule has 0 bridgehead atoms. The Hall–Kier alpha value is -2.30. The number of piperidine rings is 1. The van der Waals surface area contributed by atoms with Gasteiger partial charge in [-0.15, -0.1) is 0 Å². The molecule has 0 unspecified atom stereocenters. The van der Waals surface area contributed by atoms with E-state index in [4.69, 9.17) is 9.47 Å². The number of hydrogen-bond donors (Lipinski definition) is 0. The Morgan fingerprint density at radius 1 is 1.12 bits per heavy atom. The molecule has 25 heavy (non-hydrogen) atoms. The average Bonchev–Trinajstić information content (AvgIpc) is 2.53. The fourth-order valence-electron chi connectivity index (χ4n) is 2.61. The van der Waals surface area contributed by atoms with Crippen molar-refractivity contribution in [1.82, 2.24) is 4.90 Å². The van der Waals surface area contributed by atoms with E-state index in [1.807, 2.05) is 24.0 Å². The third kappa shape index (κ3) is 6.25. The minimum absolute atomic E-state index is 0.0107. The van der Waals surface area contributed by atoms with Crippen LogP contribution >= 0.6 is 0 Å². The van der Waals surface area contributed by atoms with Gasteiger partial charge in [0.2, 0.25) is 5.91 Å². The summed E-state index contributed by atoms with van der Waals surface area (Å²) < 4.78 is 10.5. The molecule has 2 rings (SSSR count). The number of nitrogens with zero attached hydrogens (tertiary/aromatic N) is 1. The first kappa shape index (κ1) is 19.0. The first-order valence-electron chi connectivity index (χ1n) is 8.73. The second-order valence-corrected chi connectivity index (χ2v) is 7.33. The van der Waals surface area contributed by atoms with Gasteiger partial charge < -0.3 is 14.4 Å². The molecule has 1 heterocycles. The Labute approximate surface area is 149 Å². The molecule has 0 saturated carbocycles. The molecule has 1 saturated heterocycles. The molecule has 1 aliphatic heterocycles. The van der Waals surface area contributed by atoms with E-state index in [9.17, 15) is 9.59 Å². The zero-order valence-electron chi connectivity index (χ0n) is 15.5. The lowest BCUT2D eigenvalue weighted by atomic mass is 10.1. The summed E-state index contributed by atoms with van der Waals surface area (Å²) in [5.74, 6) is 0.375. The SMILES string of the molecule is Cc1ccc(/C=C/C(=O)N2CCCCC2)c(OC(=O)OC(C)(C)C)c1. The van der Waals surface area contributed by atoms with Crippen molar-refractivity contribution in [1.29, 1.82) is 0 Å². The summed E-state index contributed by atoms with van der Waals surface area (Å²) in [7, 11) is 0. The number of aryl methyl sites for hydroxylation is 1. The van der Waals surface area contributed by atoms with Gasteiger partial charge in [-0.2, -0.15) is 0 Å². The minimum Gasteiger partial charge on any atom is -0.428 e. The third-order valence-electron chi connectivity index (χ3n) is 3.83. The van der Waals surface area contributed by atoms with Crippen LogP contribution in [0.4, 0.5) is 4.79 Å². The van der Waals surface area contributed by atoms with Gasteiger partial charge in [0, 0.05) is 24.7 Å². The molecule has 0 N–H and O–H groups in total. The fourth-order valence-corrected chi connectivity index (χ4v) is 2.61. The van der Waals surface area contributed by atoms with Gasteiger partial charge in [0.1, 0.15) is 11.4 Å². The normalized spacial score (nSPS) is 15.3. The summed E-state index contributed by atoms with van der Waals surface area (Å²) in [6, 6.07) is 5.50. The Bertz CT molecular complexity index is 652.